The molecule has 1 nitrogen and oxygen atoms in total. The lowest BCUT2D eigenvalue weighted by molar-refractivity contribution is -0.121. The molecule has 0 unspecified atom stereocenters. The lowest BCUT2D eigenvalue weighted by atomic mass is 9.85. The Kier molecular flexibility index (Phi) is 3.61. The topological polar surface area (TPSA) is 17.1 Å². The maximum absolute atomic E-state index is 12.0. The number of rotatable bonds is 3. The third-order valence-corrected chi connectivity index (χ3v) is 10.4. The number of Topliss-reactive ketones (excluding diaryl/α,β-unsaturated/α-hetero) is 1. The quantitative estimate of drug-likeness (QED) is 0.768. The predicted molar refractivity (Wildman–Crippen MR) is 86.9 cm³/mol. The van der Waals surface area contributed by atoms with Gasteiger partial charge in [-0.1, -0.05) is 61.5 Å². The van der Waals surface area contributed by atoms with Crippen LogP contribution < -0.4 is 5.19 Å². The largest absolute Gasteiger partial charge is 0.300 e. The highest BCUT2D eigenvalue weighted by molar-refractivity contribution is 6.91. The number of carbonyl (C=O) groups excluding carboxylic acids is 1. The van der Waals surface area contributed by atoms with Crippen LogP contribution >= 0.6 is 0 Å². The summed E-state index contributed by atoms with van der Waals surface area (Å²) >= 11 is 0. The first-order valence-electron chi connectivity index (χ1n) is 8.08. The van der Waals surface area contributed by atoms with Crippen LogP contribution in [0.15, 0.2) is 30.3 Å². The zero-order valence-corrected chi connectivity index (χ0v) is 13.9. The van der Waals surface area contributed by atoms with Crippen LogP contribution in [0.3, 0.4) is 0 Å². The van der Waals surface area contributed by atoms with Crippen molar-refractivity contribution in [3.05, 3.63) is 30.3 Å². The van der Waals surface area contributed by atoms with Crippen molar-refractivity contribution in [1.82, 2.24) is 0 Å². The van der Waals surface area contributed by atoms with Gasteiger partial charge >= 0.3 is 0 Å². The second-order valence-corrected chi connectivity index (χ2v) is 12.1. The van der Waals surface area contributed by atoms with Crippen LogP contribution in [0.25, 0.3) is 0 Å². The number of carbonyl (C=O) groups is 1. The molecule has 0 aliphatic heterocycles. The van der Waals surface area contributed by atoms with Crippen LogP contribution in [-0.2, 0) is 4.79 Å². The van der Waals surface area contributed by atoms with E-state index in [0.717, 1.165) is 11.5 Å². The highest BCUT2D eigenvalue weighted by Crippen LogP contribution is 2.57. The molecule has 108 valence electrons. The highest BCUT2D eigenvalue weighted by atomic mass is 28.3. The van der Waals surface area contributed by atoms with Crippen molar-refractivity contribution in [2.75, 3.05) is 0 Å². The van der Waals surface area contributed by atoms with Crippen molar-refractivity contribution < 1.29 is 4.79 Å². The molecule has 0 amide bonds. The van der Waals surface area contributed by atoms with Gasteiger partial charge in [-0.2, -0.15) is 0 Å². The summed E-state index contributed by atoms with van der Waals surface area (Å²) in [6.07, 6.45) is 5.16. The molecule has 4 atom stereocenters. The molecule has 20 heavy (non-hydrogen) atoms. The Bertz CT molecular complexity index is 493. The van der Waals surface area contributed by atoms with Gasteiger partial charge in [0.2, 0.25) is 0 Å². The fraction of sp³-hybridized carbons (Fsp3) is 0.611. The Hall–Kier alpha value is -0.893. The van der Waals surface area contributed by atoms with Crippen molar-refractivity contribution >= 4 is 19.0 Å². The average Bonchev–Trinajstić information content (AvgIpc) is 2.68. The molecule has 0 aromatic heterocycles. The van der Waals surface area contributed by atoms with Gasteiger partial charge < -0.3 is 0 Å². The van der Waals surface area contributed by atoms with Crippen molar-refractivity contribution in [1.29, 1.82) is 0 Å². The zero-order chi connectivity index (χ0) is 14.3. The van der Waals surface area contributed by atoms with Gasteiger partial charge in [-0.25, -0.2) is 0 Å². The van der Waals surface area contributed by atoms with E-state index in [9.17, 15) is 4.79 Å². The van der Waals surface area contributed by atoms with Crippen molar-refractivity contribution in [2.45, 2.75) is 51.2 Å². The van der Waals surface area contributed by atoms with Crippen LogP contribution in [0, 0.1) is 17.8 Å². The summed E-state index contributed by atoms with van der Waals surface area (Å²) in [4.78, 5) is 12.0. The van der Waals surface area contributed by atoms with E-state index in [2.05, 4.69) is 43.4 Å². The lowest BCUT2D eigenvalue weighted by Gasteiger charge is -2.41. The Balaban J connectivity index is 1.95. The van der Waals surface area contributed by atoms with Gasteiger partial charge in [-0.05, 0) is 37.1 Å². The smallest absolute Gasteiger partial charge is 0.133 e. The molecule has 0 spiro atoms. The van der Waals surface area contributed by atoms with Crippen molar-refractivity contribution in [3.63, 3.8) is 0 Å². The van der Waals surface area contributed by atoms with E-state index in [1.807, 2.05) is 6.92 Å². The lowest BCUT2D eigenvalue weighted by Crippen LogP contribution is -2.50. The van der Waals surface area contributed by atoms with E-state index in [-0.39, 0.29) is 0 Å². The highest BCUT2D eigenvalue weighted by Gasteiger charge is 2.53. The molecular weight excluding hydrogens is 260 g/mol. The first-order valence-corrected chi connectivity index (χ1v) is 11.2. The molecule has 0 saturated heterocycles. The minimum atomic E-state index is -1.48. The fourth-order valence-corrected chi connectivity index (χ4v) is 9.58. The number of benzene rings is 1. The average molecular weight is 286 g/mol. The van der Waals surface area contributed by atoms with Crippen LogP contribution in [0.5, 0.6) is 0 Å². The van der Waals surface area contributed by atoms with Crippen LogP contribution in [-0.4, -0.2) is 13.9 Å². The van der Waals surface area contributed by atoms with Crippen molar-refractivity contribution in [2.24, 2.45) is 17.8 Å². The van der Waals surface area contributed by atoms with E-state index >= 15 is 0 Å². The molecule has 2 aliphatic carbocycles. The molecule has 2 saturated carbocycles. The van der Waals surface area contributed by atoms with Crippen LogP contribution in [0.4, 0.5) is 0 Å². The normalized spacial score (nSPS) is 33.1. The van der Waals surface area contributed by atoms with E-state index in [1.165, 1.54) is 25.7 Å². The Morgan fingerprint density at radius 1 is 1.15 bits per heavy atom. The molecule has 0 N–H and O–H groups in total. The summed E-state index contributed by atoms with van der Waals surface area (Å²) in [7, 11) is -1.48. The summed E-state index contributed by atoms with van der Waals surface area (Å²) < 4.78 is 0. The van der Waals surface area contributed by atoms with Gasteiger partial charge in [0.15, 0.2) is 0 Å². The summed E-state index contributed by atoms with van der Waals surface area (Å²) in [5, 5.41) is 1.58. The summed E-state index contributed by atoms with van der Waals surface area (Å²) in [6, 6.07) is 11.1. The molecule has 2 aliphatic rings. The second kappa shape index (κ2) is 5.14. The Labute approximate surface area is 123 Å². The third-order valence-electron chi connectivity index (χ3n) is 6.03. The molecule has 1 aromatic carbocycles. The van der Waals surface area contributed by atoms with Gasteiger partial charge in [-0.15, -0.1) is 0 Å². The van der Waals surface area contributed by atoms with E-state index < -0.39 is 8.07 Å². The Morgan fingerprint density at radius 3 is 2.50 bits per heavy atom. The monoisotopic (exact) mass is 286 g/mol. The SMILES string of the molecule is CC(=O)[C@@H]1C[C@H]2CCC[C@@H]1[C@@H]2[Si](C)(C)c1ccccc1. The molecule has 0 heterocycles. The van der Waals surface area contributed by atoms with Crippen LogP contribution in [0.1, 0.15) is 32.6 Å². The standard InChI is InChI=1S/C18H26OSi/c1-13(19)17-12-14-8-7-11-16(17)18(14)20(2,3)15-9-5-4-6-10-15/h4-6,9-10,14,16-18H,7-8,11-12H2,1-3H3/t14-,16+,17+,18-/m1/s1. The number of hydrogen-bond donors (Lipinski definition) is 0. The van der Waals surface area contributed by atoms with Gasteiger partial charge in [0.05, 0.1) is 8.07 Å². The van der Waals surface area contributed by atoms with Crippen LogP contribution in [0.2, 0.25) is 18.6 Å². The number of fused-ring (bicyclic) bond motifs is 2. The second-order valence-electron chi connectivity index (χ2n) is 7.42. The van der Waals surface area contributed by atoms with E-state index in [0.29, 0.717) is 17.6 Å². The maximum Gasteiger partial charge on any atom is 0.133 e. The van der Waals surface area contributed by atoms with Gasteiger partial charge in [-0.3, -0.25) is 4.79 Å². The summed E-state index contributed by atoms with van der Waals surface area (Å²) in [6.45, 7) is 6.88. The Morgan fingerprint density at radius 2 is 1.85 bits per heavy atom. The number of hydrogen-bond acceptors (Lipinski definition) is 1. The summed E-state index contributed by atoms with van der Waals surface area (Å²) in [5.74, 6) is 2.29. The summed E-state index contributed by atoms with van der Waals surface area (Å²) in [5.41, 5.74) is 0.813. The van der Waals surface area contributed by atoms with E-state index in [4.69, 9.17) is 0 Å². The van der Waals surface area contributed by atoms with Crippen molar-refractivity contribution in [3.8, 4) is 0 Å². The zero-order valence-electron chi connectivity index (χ0n) is 12.9. The minimum Gasteiger partial charge on any atom is -0.300 e. The molecule has 0 radical (unpaired) electrons. The first-order chi connectivity index (χ1) is 9.51. The molecule has 2 fully saturated rings. The van der Waals surface area contributed by atoms with E-state index in [1.54, 1.807) is 5.19 Å². The molecule has 2 heteroatoms. The predicted octanol–water partition coefficient (Wildman–Crippen LogP) is 4.00. The molecular formula is C18H26OSi. The fourth-order valence-electron chi connectivity index (χ4n) is 5.19. The minimum absolute atomic E-state index is 0.364. The van der Waals surface area contributed by atoms with Gasteiger partial charge in [0.25, 0.3) is 0 Å². The maximum atomic E-state index is 12.0. The molecule has 2 bridgehead atoms. The van der Waals surface area contributed by atoms with Gasteiger partial charge in [0.1, 0.15) is 5.78 Å². The van der Waals surface area contributed by atoms with Gasteiger partial charge in [0, 0.05) is 5.92 Å². The third kappa shape index (κ3) is 2.18. The molecule has 1 aromatic rings. The molecule has 3 rings (SSSR count). The number of ketones is 1. The first kappa shape index (κ1) is 14.1.